The van der Waals surface area contributed by atoms with E-state index in [4.69, 9.17) is 0 Å². The molecular weight excluding hydrogens is 196 g/mol. The van der Waals surface area contributed by atoms with Gasteiger partial charge in [0.2, 0.25) is 0 Å². The lowest BCUT2D eigenvalue weighted by atomic mass is 10.3. The molecule has 0 radical (unpaired) electrons. The first kappa shape index (κ1) is 7.34. The monoisotopic (exact) mass is 200 g/mol. The van der Waals surface area contributed by atoms with E-state index < -0.39 is 0 Å². The third-order valence-corrected chi connectivity index (χ3v) is 1.85. The number of hydrogen-bond donors (Lipinski definition) is 0. The van der Waals surface area contributed by atoms with Gasteiger partial charge in [-0.1, -0.05) is 0 Å². The van der Waals surface area contributed by atoms with Crippen LogP contribution >= 0.6 is 15.9 Å². The Balaban J connectivity index is 3.16. The normalized spacial score (nSPS) is 9.40. The minimum absolute atomic E-state index is 0.362. The fraction of sp³-hybridized carbons (Fsp3) is 0.167. The molecule has 0 fully saturated rings. The van der Waals surface area contributed by atoms with Crippen LogP contribution in [0.15, 0.2) is 10.7 Å². The second-order valence-electron chi connectivity index (χ2n) is 1.86. The topological polar surface area (TPSA) is 42.9 Å². The molecule has 52 valence electrons. The van der Waals surface area contributed by atoms with E-state index in [-0.39, 0.29) is 0 Å². The lowest BCUT2D eigenvalue weighted by Crippen LogP contribution is -1.92. The molecule has 0 aliphatic rings. The molecule has 10 heavy (non-hydrogen) atoms. The maximum absolute atomic E-state index is 10.2. The van der Waals surface area contributed by atoms with Gasteiger partial charge in [0.15, 0.2) is 6.29 Å². The highest BCUT2D eigenvalue weighted by Crippen LogP contribution is 2.10. The number of carbonyl (C=O) groups excluding carboxylic acids is 1. The van der Waals surface area contributed by atoms with Gasteiger partial charge in [0, 0.05) is 0 Å². The first-order chi connectivity index (χ1) is 4.74. The SMILES string of the molecule is Cc1cc(C=O)nnc1Br. The van der Waals surface area contributed by atoms with Gasteiger partial charge >= 0.3 is 0 Å². The first-order valence-corrected chi connectivity index (χ1v) is 3.48. The molecule has 0 bridgehead atoms. The van der Waals surface area contributed by atoms with Gasteiger partial charge in [0.1, 0.15) is 10.3 Å². The summed E-state index contributed by atoms with van der Waals surface area (Å²) in [5.74, 6) is 0. The fourth-order valence-corrected chi connectivity index (χ4v) is 0.742. The van der Waals surface area contributed by atoms with E-state index in [9.17, 15) is 4.79 Å². The highest BCUT2D eigenvalue weighted by Gasteiger charge is 1.97. The maximum atomic E-state index is 10.2. The molecule has 0 spiro atoms. The average molecular weight is 201 g/mol. The van der Waals surface area contributed by atoms with Crippen molar-refractivity contribution in [3.8, 4) is 0 Å². The van der Waals surface area contributed by atoms with Gasteiger partial charge in [-0.2, -0.15) is 0 Å². The van der Waals surface area contributed by atoms with Crippen molar-refractivity contribution in [2.75, 3.05) is 0 Å². The van der Waals surface area contributed by atoms with Crippen molar-refractivity contribution in [1.29, 1.82) is 0 Å². The summed E-state index contributed by atoms with van der Waals surface area (Å²) in [7, 11) is 0. The molecule has 1 aromatic heterocycles. The summed E-state index contributed by atoms with van der Waals surface area (Å²) in [4.78, 5) is 10.2. The first-order valence-electron chi connectivity index (χ1n) is 2.69. The van der Waals surface area contributed by atoms with Crippen molar-refractivity contribution in [1.82, 2.24) is 10.2 Å². The summed E-state index contributed by atoms with van der Waals surface area (Å²) in [6, 6.07) is 1.67. The van der Waals surface area contributed by atoms with Crippen molar-refractivity contribution < 1.29 is 4.79 Å². The Morgan fingerprint density at radius 3 is 2.80 bits per heavy atom. The Bertz CT molecular complexity index is 262. The maximum Gasteiger partial charge on any atom is 0.170 e. The van der Waals surface area contributed by atoms with Crippen LogP contribution in [-0.4, -0.2) is 16.5 Å². The molecule has 0 saturated heterocycles. The highest BCUT2D eigenvalue weighted by atomic mass is 79.9. The Morgan fingerprint density at radius 1 is 1.60 bits per heavy atom. The Hall–Kier alpha value is -0.770. The number of nitrogens with zero attached hydrogens (tertiary/aromatic N) is 2. The van der Waals surface area contributed by atoms with Gasteiger partial charge in [0.25, 0.3) is 0 Å². The molecule has 0 aromatic carbocycles. The zero-order valence-corrected chi connectivity index (χ0v) is 6.92. The summed E-state index contributed by atoms with van der Waals surface area (Å²) >= 11 is 3.17. The molecule has 0 atom stereocenters. The number of carbonyl (C=O) groups is 1. The molecule has 0 aliphatic carbocycles. The summed E-state index contributed by atoms with van der Waals surface area (Å²) in [5.41, 5.74) is 1.28. The Morgan fingerprint density at radius 2 is 2.30 bits per heavy atom. The van der Waals surface area contributed by atoms with Crippen LogP contribution < -0.4 is 0 Å². The molecule has 0 aliphatic heterocycles. The van der Waals surface area contributed by atoms with Crippen LogP contribution in [0.25, 0.3) is 0 Å². The number of aldehydes is 1. The van der Waals surface area contributed by atoms with Crippen molar-refractivity contribution in [2.24, 2.45) is 0 Å². The third kappa shape index (κ3) is 1.39. The van der Waals surface area contributed by atoms with E-state index in [1.54, 1.807) is 6.07 Å². The molecule has 1 heterocycles. The molecule has 0 saturated carbocycles. The van der Waals surface area contributed by atoms with E-state index in [0.29, 0.717) is 16.6 Å². The summed E-state index contributed by atoms with van der Waals surface area (Å²) < 4.78 is 0.679. The van der Waals surface area contributed by atoms with Gasteiger partial charge < -0.3 is 0 Å². The second kappa shape index (κ2) is 2.88. The molecule has 1 rings (SSSR count). The minimum Gasteiger partial charge on any atom is -0.296 e. The van der Waals surface area contributed by atoms with Gasteiger partial charge in [-0.15, -0.1) is 10.2 Å². The predicted octanol–water partition coefficient (Wildman–Crippen LogP) is 1.36. The number of aromatic nitrogens is 2. The number of halogens is 1. The standard InChI is InChI=1S/C6H5BrN2O/c1-4-2-5(3-10)8-9-6(4)7/h2-3H,1H3. The van der Waals surface area contributed by atoms with Crippen LogP contribution in [0.2, 0.25) is 0 Å². The number of hydrogen-bond acceptors (Lipinski definition) is 3. The molecule has 0 amide bonds. The molecule has 4 heteroatoms. The Kier molecular flexibility index (Phi) is 2.11. The van der Waals surface area contributed by atoms with E-state index in [2.05, 4.69) is 26.1 Å². The van der Waals surface area contributed by atoms with E-state index in [1.165, 1.54) is 0 Å². The summed E-state index contributed by atoms with van der Waals surface area (Å²) in [5, 5.41) is 7.28. The molecular formula is C6H5BrN2O. The minimum atomic E-state index is 0.362. The second-order valence-corrected chi connectivity index (χ2v) is 2.61. The molecule has 3 nitrogen and oxygen atoms in total. The average Bonchev–Trinajstić information content (AvgIpc) is 1.95. The van der Waals surface area contributed by atoms with Crippen molar-refractivity contribution in [3.63, 3.8) is 0 Å². The zero-order valence-electron chi connectivity index (χ0n) is 5.34. The smallest absolute Gasteiger partial charge is 0.170 e. The largest absolute Gasteiger partial charge is 0.296 e. The third-order valence-electron chi connectivity index (χ3n) is 1.06. The lowest BCUT2D eigenvalue weighted by Gasteiger charge is -1.93. The van der Waals surface area contributed by atoms with Gasteiger partial charge in [-0.25, -0.2) is 0 Å². The van der Waals surface area contributed by atoms with Gasteiger partial charge in [0.05, 0.1) is 0 Å². The molecule has 0 N–H and O–H groups in total. The number of rotatable bonds is 1. The van der Waals surface area contributed by atoms with Crippen molar-refractivity contribution in [3.05, 3.63) is 21.9 Å². The van der Waals surface area contributed by atoms with Gasteiger partial charge in [-0.05, 0) is 34.5 Å². The summed E-state index contributed by atoms with van der Waals surface area (Å²) in [6.45, 7) is 1.85. The van der Waals surface area contributed by atoms with Crippen molar-refractivity contribution >= 4 is 22.2 Å². The zero-order chi connectivity index (χ0) is 7.56. The van der Waals surface area contributed by atoms with E-state index in [1.807, 2.05) is 6.92 Å². The van der Waals surface area contributed by atoms with Crippen LogP contribution in [0.3, 0.4) is 0 Å². The predicted molar refractivity (Wildman–Crippen MR) is 39.9 cm³/mol. The molecule has 0 unspecified atom stereocenters. The highest BCUT2D eigenvalue weighted by molar-refractivity contribution is 9.10. The van der Waals surface area contributed by atoms with E-state index in [0.717, 1.165) is 5.56 Å². The van der Waals surface area contributed by atoms with Crippen LogP contribution in [0.5, 0.6) is 0 Å². The quantitative estimate of drug-likeness (QED) is 0.644. The fourth-order valence-electron chi connectivity index (χ4n) is 0.548. The van der Waals surface area contributed by atoms with Crippen LogP contribution in [0.4, 0.5) is 0 Å². The van der Waals surface area contributed by atoms with Crippen LogP contribution in [0.1, 0.15) is 16.1 Å². The number of aryl methyl sites for hydroxylation is 1. The Labute approximate surface area is 66.6 Å². The van der Waals surface area contributed by atoms with Crippen LogP contribution in [0, 0.1) is 6.92 Å². The lowest BCUT2D eigenvalue weighted by molar-refractivity contribution is 0.111. The summed E-state index contributed by atoms with van der Waals surface area (Å²) in [6.07, 6.45) is 0.673. The molecule has 1 aromatic rings. The van der Waals surface area contributed by atoms with Crippen molar-refractivity contribution in [2.45, 2.75) is 6.92 Å². The van der Waals surface area contributed by atoms with E-state index >= 15 is 0 Å². The van der Waals surface area contributed by atoms with Gasteiger partial charge in [-0.3, -0.25) is 4.79 Å². The van der Waals surface area contributed by atoms with Crippen LogP contribution in [-0.2, 0) is 0 Å².